The highest BCUT2D eigenvalue weighted by atomic mass is 35.5. The quantitative estimate of drug-likeness (QED) is 0.190. The number of β-lactam (4-membered cyclic amide) rings is 1. The number of carbonyl (C=O) groups excluding carboxylic acids is 3. The zero-order valence-electron chi connectivity index (χ0n) is 13.3. The third-order valence-electron chi connectivity index (χ3n) is 3.08. The minimum atomic E-state index is -1.28. The molecule has 4 N–H and O–H groups in total. The van der Waals surface area contributed by atoms with Gasteiger partial charge in [0, 0.05) is 5.38 Å². The summed E-state index contributed by atoms with van der Waals surface area (Å²) in [6.45, 7) is 1.81. The van der Waals surface area contributed by atoms with Crippen molar-refractivity contribution in [3.8, 4) is 0 Å². The molecule has 11 nitrogen and oxygen atoms in total. The van der Waals surface area contributed by atoms with E-state index in [9.17, 15) is 19.2 Å². The summed E-state index contributed by atoms with van der Waals surface area (Å²) >= 11 is 6.42. The van der Waals surface area contributed by atoms with Gasteiger partial charge in [0.1, 0.15) is 24.2 Å². The van der Waals surface area contributed by atoms with E-state index in [-0.39, 0.29) is 29.0 Å². The average Bonchev–Trinajstić information content (AvgIpc) is 3.05. The van der Waals surface area contributed by atoms with E-state index in [0.717, 1.165) is 11.3 Å². The number of carboxylic acids is 1. The Hall–Kier alpha value is -2.73. The van der Waals surface area contributed by atoms with Gasteiger partial charge in [-0.15, -0.1) is 22.9 Å². The summed E-state index contributed by atoms with van der Waals surface area (Å²) in [7, 11) is 0. The zero-order valence-corrected chi connectivity index (χ0v) is 14.9. The van der Waals surface area contributed by atoms with Gasteiger partial charge < -0.3 is 25.9 Å². The van der Waals surface area contributed by atoms with Crippen molar-refractivity contribution < 1.29 is 29.1 Å². The van der Waals surface area contributed by atoms with Gasteiger partial charge in [0.25, 0.3) is 5.91 Å². The van der Waals surface area contributed by atoms with Gasteiger partial charge in [-0.25, -0.2) is 9.78 Å². The number of carbonyl (C=O) groups is 4. The van der Waals surface area contributed by atoms with E-state index in [2.05, 4.69) is 26.1 Å². The van der Waals surface area contributed by atoms with Gasteiger partial charge >= 0.3 is 5.97 Å². The maximum absolute atomic E-state index is 12.4. The first-order valence-corrected chi connectivity index (χ1v) is 8.64. The lowest BCUT2D eigenvalue weighted by Gasteiger charge is -2.33. The van der Waals surface area contributed by atoms with E-state index in [1.807, 2.05) is 0 Å². The number of hydrogen-bond acceptors (Lipinski definition) is 8. The van der Waals surface area contributed by atoms with Crippen LogP contribution in [0.25, 0.3) is 0 Å². The van der Waals surface area contributed by atoms with Crippen molar-refractivity contribution in [2.75, 3.05) is 17.8 Å². The largest absolute Gasteiger partial charge is 0.480 e. The van der Waals surface area contributed by atoms with Crippen molar-refractivity contribution in [1.29, 1.82) is 0 Å². The molecule has 0 aliphatic carbocycles. The molecule has 0 radical (unpaired) electrons. The minimum Gasteiger partial charge on any atom is -0.480 e. The number of hydrogen-bond donors (Lipinski definition) is 4. The van der Waals surface area contributed by atoms with Gasteiger partial charge in [-0.2, -0.15) is 0 Å². The Kier molecular flexibility index (Phi) is 6.46. The Morgan fingerprint density at radius 2 is 2.23 bits per heavy atom. The molecule has 26 heavy (non-hydrogen) atoms. The second-order valence-electron chi connectivity index (χ2n) is 4.85. The van der Waals surface area contributed by atoms with Crippen LogP contribution in [0, 0.1) is 0 Å². The standard InChI is InChI=1S/C13H14ClN5O6S/c1-2-25-19-7(5-4-26-13(15-5)16-6(20)3-14)10(21)17-8-9(12(23)24)18-11(8)22/h4,8-9H,2-3H2,1H3,(H,17,21)(H,18,22)(H,23,24)(H,15,16,20)/b19-7+/t8-,9-/m1/s1. The Balaban J connectivity index is 2.17. The van der Waals surface area contributed by atoms with Crippen LogP contribution >= 0.6 is 22.9 Å². The first kappa shape index (κ1) is 19.6. The van der Waals surface area contributed by atoms with Crippen molar-refractivity contribution in [2.24, 2.45) is 5.16 Å². The van der Waals surface area contributed by atoms with Gasteiger partial charge in [0.15, 0.2) is 16.9 Å². The molecule has 2 rings (SSSR count). The normalized spacial score (nSPS) is 19.2. The molecule has 0 aromatic carbocycles. The van der Waals surface area contributed by atoms with Gasteiger partial charge in [-0.1, -0.05) is 5.16 Å². The fourth-order valence-corrected chi connectivity index (χ4v) is 2.65. The maximum Gasteiger partial charge on any atom is 0.328 e. The fraction of sp³-hybridized carbons (Fsp3) is 0.385. The number of nitrogens with one attached hydrogen (secondary N) is 3. The molecule has 3 amide bonds. The number of thiazole rings is 1. The maximum atomic E-state index is 12.4. The molecule has 2 atom stereocenters. The van der Waals surface area contributed by atoms with Crippen molar-refractivity contribution >= 4 is 57.5 Å². The number of aliphatic carboxylic acids is 1. The van der Waals surface area contributed by atoms with E-state index < -0.39 is 35.8 Å². The van der Waals surface area contributed by atoms with E-state index in [1.54, 1.807) is 6.92 Å². The predicted octanol–water partition coefficient (Wildman–Crippen LogP) is -0.871. The highest BCUT2D eigenvalue weighted by Crippen LogP contribution is 2.17. The van der Waals surface area contributed by atoms with Crippen molar-refractivity contribution in [3.63, 3.8) is 0 Å². The van der Waals surface area contributed by atoms with Crippen molar-refractivity contribution in [1.82, 2.24) is 15.6 Å². The van der Waals surface area contributed by atoms with Crippen LogP contribution in [0.3, 0.4) is 0 Å². The van der Waals surface area contributed by atoms with Crippen LogP contribution in [0.15, 0.2) is 10.5 Å². The summed E-state index contributed by atoms with van der Waals surface area (Å²) in [5.41, 5.74) is -0.184. The number of alkyl halides is 1. The Bertz CT molecular complexity index is 766. The lowest BCUT2D eigenvalue weighted by Crippen LogP contribution is -2.72. The number of halogens is 1. The second-order valence-corrected chi connectivity index (χ2v) is 5.98. The van der Waals surface area contributed by atoms with Crippen LogP contribution < -0.4 is 16.0 Å². The summed E-state index contributed by atoms with van der Waals surface area (Å²) < 4.78 is 0. The Labute approximate surface area is 155 Å². The third kappa shape index (κ3) is 4.46. The van der Waals surface area contributed by atoms with Gasteiger partial charge in [0.05, 0.1) is 0 Å². The van der Waals surface area contributed by atoms with E-state index in [0.29, 0.717) is 0 Å². The number of anilines is 1. The van der Waals surface area contributed by atoms with Gasteiger partial charge in [-0.05, 0) is 6.92 Å². The van der Waals surface area contributed by atoms with Crippen LogP contribution in [-0.4, -0.2) is 64.1 Å². The molecule has 1 aliphatic heterocycles. The molecule has 140 valence electrons. The molecule has 0 unspecified atom stereocenters. The SMILES string of the molecule is CCO/N=C(/C(=O)N[C@H]1C(=O)N[C@H]1C(=O)O)c1csc(NC(=O)CCl)n1. The summed E-state index contributed by atoms with van der Waals surface area (Å²) in [4.78, 5) is 55.1. The summed E-state index contributed by atoms with van der Waals surface area (Å²) in [5, 5.41) is 21.1. The van der Waals surface area contributed by atoms with E-state index >= 15 is 0 Å². The highest BCUT2D eigenvalue weighted by molar-refractivity contribution is 7.14. The molecule has 1 aromatic heterocycles. The molecule has 0 spiro atoms. The summed E-state index contributed by atoms with van der Waals surface area (Å²) in [5.74, 6) is -3.49. The zero-order chi connectivity index (χ0) is 19.3. The number of aromatic nitrogens is 1. The first-order valence-electron chi connectivity index (χ1n) is 7.23. The molecule has 1 aromatic rings. The van der Waals surface area contributed by atoms with Crippen LogP contribution in [-0.2, 0) is 24.0 Å². The third-order valence-corrected chi connectivity index (χ3v) is 4.08. The molecular weight excluding hydrogens is 390 g/mol. The number of amides is 3. The van der Waals surface area contributed by atoms with Crippen LogP contribution in [0.4, 0.5) is 5.13 Å². The Morgan fingerprint density at radius 3 is 2.81 bits per heavy atom. The minimum absolute atomic E-state index is 0.0810. The smallest absolute Gasteiger partial charge is 0.328 e. The first-order chi connectivity index (χ1) is 12.4. The highest BCUT2D eigenvalue weighted by Gasteiger charge is 2.45. The summed E-state index contributed by atoms with van der Waals surface area (Å²) in [6, 6.07) is -2.46. The van der Waals surface area contributed by atoms with Crippen LogP contribution in [0.1, 0.15) is 12.6 Å². The topological polar surface area (TPSA) is 159 Å². The predicted molar refractivity (Wildman–Crippen MR) is 91.1 cm³/mol. The number of oxime groups is 1. The van der Waals surface area contributed by atoms with E-state index in [4.69, 9.17) is 21.5 Å². The molecular formula is C13H14ClN5O6S. The molecule has 0 saturated carbocycles. The summed E-state index contributed by atoms with van der Waals surface area (Å²) in [6.07, 6.45) is 0. The van der Waals surface area contributed by atoms with Crippen LogP contribution in [0.5, 0.6) is 0 Å². The van der Waals surface area contributed by atoms with Gasteiger partial charge in [0.2, 0.25) is 11.8 Å². The lowest BCUT2D eigenvalue weighted by atomic mass is 9.99. The second kappa shape index (κ2) is 8.58. The van der Waals surface area contributed by atoms with E-state index in [1.165, 1.54) is 5.38 Å². The van der Waals surface area contributed by atoms with Gasteiger partial charge in [-0.3, -0.25) is 14.4 Å². The molecule has 13 heteroatoms. The molecule has 0 bridgehead atoms. The molecule has 2 heterocycles. The van der Waals surface area contributed by atoms with Crippen molar-refractivity contribution in [2.45, 2.75) is 19.0 Å². The van der Waals surface area contributed by atoms with Crippen LogP contribution in [0.2, 0.25) is 0 Å². The monoisotopic (exact) mass is 403 g/mol. The van der Waals surface area contributed by atoms with Crippen molar-refractivity contribution in [3.05, 3.63) is 11.1 Å². The molecule has 1 saturated heterocycles. The molecule has 1 aliphatic rings. The Morgan fingerprint density at radius 1 is 1.50 bits per heavy atom. The molecule has 1 fully saturated rings. The number of rotatable bonds is 8. The lowest BCUT2D eigenvalue weighted by molar-refractivity contribution is -0.151. The average molecular weight is 404 g/mol. The fourth-order valence-electron chi connectivity index (χ4n) is 1.87. The number of nitrogens with zero attached hydrogens (tertiary/aromatic N) is 2. The number of carboxylic acid groups (broad SMARTS) is 1.